The van der Waals surface area contributed by atoms with Gasteiger partial charge in [0.25, 0.3) is 0 Å². The molecule has 0 amide bonds. The van der Waals surface area contributed by atoms with Crippen LogP contribution in [0.1, 0.15) is 17.5 Å². The van der Waals surface area contributed by atoms with E-state index in [1.807, 2.05) is 0 Å². The number of benzene rings is 1. The zero-order valence-electron chi connectivity index (χ0n) is 17.6. The molecule has 0 N–H and O–H groups in total. The summed E-state index contributed by atoms with van der Waals surface area (Å²) in [5, 5.41) is 0. The molecule has 0 radical (unpaired) electrons. The Kier molecular flexibility index (Phi) is 13.9. The van der Waals surface area contributed by atoms with E-state index in [-0.39, 0.29) is 30.3 Å². The van der Waals surface area contributed by atoms with Gasteiger partial charge in [-0.2, -0.15) is 10.9 Å². The molecule has 9 nitrogen and oxygen atoms in total. The van der Waals surface area contributed by atoms with E-state index < -0.39 is 16.1 Å². The van der Waals surface area contributed by atoms with Crippen LogP contribution in [0.15, 0.2) is 17.0 Å². The fraction of sp³-hybridized carbons (Fsp3) is 0.550. The van der Waals surface area contributed by atoms with Gasteiger partial charge in [0.1, 0.15) is 34.5 Å². The van der Waals surface area contributed by atoms with Crippen LogP contribution in [0, 0.1) is 26.2 Å². The van der Waals surface area contributed by atoms with Crippen molar-refractivity contribution < 1.29 is 39.4 Å². The fourth-order valence-electron chi connectivity index (χ4n) is 2.38. The maximum absolute atomic E-state index is 12.1. The summed E-state index contributed by atoms with van der Waals surface area (Å²) in [7, 11) is -4.03. The van der Waals surface area contributed by atoms with Crippen molar-refractivity contribution >= 4 is 39.1 Å². The molecule has 0 bridgehead atoms. The van der Waals surface area contributed by atoms with E-state index in [0.29, 0.717) is 50.8 Å². The van der Waals surface area contributed by atoms with Crippen molar-refractivity contribution in [3.63, 3.8) is 0 Å². The number of ether oxygens (including phenoxy) is 5. The van der Waals surface area contributed by atoms with Crippen LogP contribution >= 0.6 is 23.0 Å². The topological polar surface area (TPSA) is 107 Å². The minimum Gasteiger partial charge on any atom is -0.425 e. The Morgan fingerprint density at radius 1 is 0.968 bits per heavy atom. The third kappa shape index (κ3) is 11.2. The number of hydrogen-bond acceptors (Lipinski definition) is 9. The predicted molar refractivity (Wildman–Crippen MR) is 121 cm³/mol. The molecule has 0 saturated carbocycles. The van der Waals surface area contributed by atoms with Crippen molar-refractivity contribution in [3.05, 3.63) is 23.3 Å². The predicted octanol–water partition coefficient (Wildman–Crippen LogP) is 2.35. The highest BCUT2D eigenvalue weighted by atomic mass is 127. The zero-order chi connectivity index (χ0) is 23.1. The summed E-state index contributed by atoms with van der Waals surface area (Å²) in [6.07, 6.45) is 5.00. The van der Waals surface area contributed by atoms with Gasteiger partial charge in [-0.15, -0.1) is 6.42 Å². The van der Waals surface area contributed by atoms with E-state index in [1.54, 1.807) is 19.9 Å². The van der Waals surface area contributed by atoms with Crippen LogP contribution in [0.3, 0.4) is 0 Å². The summed E-state index contributed by atoms with van der Waals surface area (Å²) in [6.45, 7) is 6.12. The molecule has 0 aliphatic heterocycles. The molecule has 0 fully saturated rings. The van der Waals surface area contributed by atoms with Gasteiger partial charge in [-0.3, -0.25) is 4.79 Å². The molecule has 11 heteroatoms. The maximum atomic E-state index is 12.1. The van der Waals surface area contributed by atoms with Gasteiger partial charge in [0.05, 0.1) is 52.7 Å². The lowest BCUT2D eigenvalue weighted by Gasteiger charge is -2.13. The standard InChI is InChI=1S/C20H27IO9S/c1-4-6-25-8-10-27-12-13-28-11-9-26-7-5-19(22)29-20-17(3)14-16(2)15-18(20)31(23,24)30-21/h1,14-15H,5-13H2,2-3H3. The molecule has 0 aliphatic carbocycles. The summed E-state index contributed by atoms with van der Waals surface area (Å²) in [6, 6.07) is 3.11. The Morgan fingerprint density at radius 3 is 2.06 bits per heavy atom. The number of carbonyl (C=O) groups is 1. The Hall–Kier alpha value is -1.27. The highest BCUT2D eigenvalue weighted by Crippen LogP contribution is 2.31. The first-order chi connectivity index (χ1) is 14.8. The average Bonchev–Trinajstić information content (AvgIpc) is 2.73. The number of aryl methyl sites for hydroxylation is 2. The lowest BCUT2D eigenvalue weighted by Crippen LogP contribution is -2.16. The van der Waals surface area contributed by atoms with Crippen LogP contribution in [0.5, 0.6) is 5.75 Å². The zero-order valence-corrected chi connectivity index (χ0v) is 20.5. The van der Waals surface area contributed by atoms with Crippen LogP contribution in [0.4, 0.5) is 0 Å². The van der Waals surface area contributed by atoms with E-state index in [2.05, 4.69) is 8.43 Å². The van der Waals surface area contributed by atoms with Crippen LogP contribution < -0.4 is 4.74 Å². The normalized spacial score (nSPS) is 11.3. The van der Waals surface area contributed by atoms with Gasteiger partial charge in [-0.1, -0.05) is 12.0 Å². The van der Waals surface area contributed by atoms with E-state index in [9.17, 15) is 13.2 Å². The lowest BCUT2D eigenvalue weighted by molar-refractivity contribution is -0.135. The number of esters is 1. The maximum Gasteiger partial charge on any atom is 0.313 e. The summed E-state index contributed by atoms with van der Waals surface area (Å²) >= 11 is 1.28. The second kappa shape index (κ2) is 15.5. The van der Waals surface area contributed by atoms with Crippen molar-refractivity contribution in [2.24, 2.45) is 0 Å². The first-order valence-electron chi connectivity index (χ1n) is 9.43. The molecule has 0 spiro atoms. The van der Waals surface area contributed by atoms with Crippen LogP contribution in [-0.2, 0) is 36.4 Å². The van der Waals surface area contributed by atoms with Gasteiger partial charge >= 0.3 is 16.1 Å². The van der Waals surface area contributed by atoms with Gasteiger partial charge in [-0.05, 0) is 31.0 Å². The van der Waals surface area contributed by atoms with Gasteiger partial charge in [0.15, 0.2) is 5.75 Å². The molecule has 0 unspecified atom stereocenters. The highest BCUT2D eigenvalue weighted by Gasteiger charge is 2.24. The molecule has 1 aromatic rings. The molecule has 1 rings (SSSR count). The molecule has 0 heterocycles. The third-order valence-corrected chi connectivity index (χ3v) is 6.13. The quantitative estimate of drug-likeness (QED) is 0.0974. The summed E-state index contributed by atoms with van der Waals surface area (Å²) in [4.78, 5) is 11.9. The van der Waals surface area contributed by atoms with E-state index in [0.717, 1.165) is 0 Å². The third-order valence-electron chi connectivity index (χ3n) is 3.71. The van der Waals surface area contributed by atoms with Crippen molar-refractivity contribution in [1.29, 1.82) is 0 Å². The van der Waals surface area contributed by atoms with Gasteiger partial charge < -0.3 is 23.7 Å². The van der Waals surface area contributed by atoms with Crippen molar-refractivity contribution in [2.45, 2.75) is 25.2 Å². The highest BCUT2D eigenvalue weighted by molar-refractivity contribution is 14.1. The first-order valence-corrected chi connectivity index (χ1v) is 11.7. The molecule has 0 aromatic heterocycles. The molecule has 174 valence electrons. The van der Waals surface area contributed by atoms with Crippen LogP contribution in [0.2, 0.25) is 0 Å². The summed E-state index contributed by atoms with van der Waals surface area (Å²) in [5.41, 5.74) is 1.22. The number of carbonyl (C=O) groups excluding carboxylic acids is 1. The van der Waals surface area contributed by atoms with Gasteiger partial charge in [-0.25, -0.2) is 0 Å². The summed E-state index contributed by atoms with van der Waals surface area (Å²) in [5.74, 6) is 1.71. The second-order valence-electron chi connectivity index (χ2n) is 6.24. The number of halogens is 1. The summed E-state index contributed by atoms with van der Waals surface area (Å²) < 4.78 is 55.0. The second-order valence-corrected chi connectivity index (χ2v) is 8.80. The number of hydrogen-bond donors (Lipinski definition) is 0. The average molecular weight is 570 g/mol. The van der Waals surface area contributed by atoms with Crippen molar-refractivity contribution in [3.8, 4) is 18.1 Å². The molecular formula is C20H27IO9S. The minimum absolute atomic E-state index is 0.0414. The van der Waals surface area contributed by atoms with Crippen LogP contribution in [-0.4, -0.2) is 67.2 Å². The Morgan fingerprint density at radius 2 is 1.52 bits per heavy atom. The van der Waals surface area contributed by atoms with Crippen LogP contribution in [0.25, 0.3) is 0 Å². The van der Waals surface area contributed by atoms with E-state index in [1.165, 1.54) is 29.1 Å². The molecule has 0 atom stereocenters. The Labute approximate surface area is 197 Å². The van der Waals surface area contributed by atoms with Crippen molar-refractivity contribution in [2.75, 3.05) is 52.9 Å². The van der Waals surface area contributed by atoms with Gasteiger partial charge in [0, 0.05) is 0 Å². The first kappa shape index (κ1) is 27.8. The van der Waals surface area contributed by atoms with Crippen molar-refractivity contribution in [1.82, 2.24) is 0 Å². The number of rotatable bonds is 16. The SMILES string of the molecule is C#CCOCCOCCOCCOCCC(=O)Oc1c(C)cc(C)cc1S(=O)(=O)OI. The van der Waals surface area contributed by atoms with Gasteiger partial charge in [0.2, 0.25) is 0 Å². The van der Waals surface area contributed by atoms with E-state index >= 15 is 0 Å². The number of terminal acetylenes is 1. The fourth-order valence-corrected chi connectivity index (χ4v) is 3.79. The Balaban J connectivity index is 2.26. The molecule has 1 aromatic carbocycles. The molecule has 0 aliphatic rings. The smallest absolute Gasteiger partial charge is 0.313 e. The monoisotopic (exact) mass is 570 g/mol. The largest absolute Gasteiger partial charge is 0.425 e. The van der Waals surface area contributed by atoms with E-state index in [4.69, 9.17) is 30.1 Å². The Bertz CT molecular complexity index is 834. The molecule has 31 heavy (non-hydrogen) atoms. The lowest BCUT2D eigenvalue weighted by atomic mass is 10.1. The minimum atomic E-state index is -4.03. The molecular weight excluding hydrogens is 543 g/mol. The molecule has 0 saturated heterocycles.